The average molecular weight is 310 g/mol. The van der Waals surface area contributed by atoms with Gasteiger partial charge in [-0.2, -0.15) is 5.10 Å². The Labute approximate surface area is 115 Å². The monoisotopic (exact) mass is 309 g/mol. The van der Waals surface area contributed by atoms with Crippen LogP contribution in [0.25, 0.3) is 0 Å². The van der Waals surface area contributed by atoms with Crippen molar-refractivity contribution in [3.05, 3.63) is 46.0 Å². The van der Waals surface area contributed by atoms with Crippen LogP contribution in [-0.2, 0) is 0 Å². The van der Waals surface area contributed by atoms with Gasteiger partial charge in [-0.15, -0.1) is 0 Å². The molecule has 0 spiro atoms. The molecular weight excluding hydrogens is 294 g/mol. The molecule has 96 valence electrons. The van der Waals surface area contributed by atoms with E-state index in [1.807, 2.05) is 31.5 Å². The first kappa shape index (κ1) is 13.2. The number of halogens is 1. The molecule has 1 atom stereocenters. The molecule has 0 amide bonds. The molecular formula is C13H16BrN3O. The third-order valence-corrected chi connectivity index (χ3v) is 3.36. The smallest absolute Gasteiger partial charge is 0.123 e. The lowest BCUT2D eigenvalue weighted by Gasteiger charge is -2.17. The molecule has 0 aliphatic rings. The number of aliphatic hydroxyl groups excluding tert-OH is 1. The molecule has 0 saturated carbocycles. The summed E-state index contributed by atoms with van der Waals surface area (Å²) in [6.45, 7) is 6.02. The Morgan fingerprint density at radius 1 is 1.28 bits per heavy atom. The minimum Gasteiger partial charge on any atom is -0.382 e. The summed E-state index contributed by atoms with van der Waals surface area (Å²) in [5, 5.41) is 14.8. The molecule has 4 nitrogen and oxygen atoms in total. The summed E-state index contributed by atoms with van der Waals surface area (Å²) in [5.41, 5.74) is 2.56. The van der Waals surface area contributed by atoms with E-state index >= 15 is 0 Å². The lowest BCUT2D eigenvalue weighted by molar-refractivity contribution is 0.203. The Morgan fingerprint density at radius 2 is 2.00 bits per heavy atom. The second-order valence-corrected chi connectivity index (χ2v) is 5.47. The summed E-state index contributed by atoms with van der Waals surface area (Å²) in [4.78, 5) is 4.11. The quantitative estimate of drug-likeness (QED) is 0.948. The van der Waals surface area contributed by atoms with Crippen LogP contribution in [0, 0.1) is 6.92 Å². The molecule has 0 fully saturated rings. The van der Waals surface area contributed by atoms with Gasteiger partial charge in [0.1, 0.15) is 6.10 Å². The van der Waals surface area contributed by atoms with Gasteiger partial charge in [0.05, 0.1) is 16.4 Å². The molecule has 0 radical (unpaired) electrons. The third kappa shape index (κ3) is 2.47. The van der Waals surface area contributed by atoms with Crippen LogP contribution in [-0.4, -0.2) is 19.9 Å². The van der Waals surface area contributed by atoms with Crippen molar-refractivity contribution in [2.45, 2.75) is 32.9 Å². The molecule has 0 aromatic carbocycles. The molecule has 0 bridgehead atoms. The predicted molar refractivity (Wildman–Crippen MR) is 73.3 cm³/mol. The van der Waals surface area contributed by atoms with Crippen molar-refractivity contribution >= 4 is 15.9 Å². The predicted octanol–water partition coefficient (Wildman–Crippen LogP) is 3.01. The fraction of sp³-hybridized carbons (Fsp3) is 0.385. The van der Waals surface area contributed by atoms with Gasteiger partial charge in [-0.25, -0.2) is 0 Å². The Kier molecular flexibility index (Phi) is 3.82. The minimum atomic E-state index is -0.725. The van der Waals surface area contributed by atoms with E-state index in [9.17, 15) is 5.11 Å². The Morgan fingerprint density at radius 3 is 2.61 bits per heavy atom. The van der Waals surface area contributed by atoms with E-state index < -0.39 is 6.10 Å². The van der Waals surface area contributed by atoms with Gasteiger partial charge in [0.2, 0.25) is 0 Å². The summed E-state index contributed by atoms with van der Waals surface area (Å²) in [6, 6.07) is 2.13. The average Bonchev–Trinajstić information content (AvgIpc) is 2.70. The van der Waals surface area contributed by atoms with Crippen molar-refractivity contribution in [2.75, 3.05) is 0 Å². The lowest BCUT2D eigenvalue weighted by Crippen LogP contribution is -2.13. The zero-order valence-electron chi connectivity index (χ0n) is 10.6. The molecule has 18 heavy (non-hydrogen) atoms. The van der Waals surface area contributed by atoms with Crippen molar-refractivity contribution in [3.63, 3.8) is 0 Å². The highest BCUT2D eigenvalue weighted by atomic mass is 79.9. The number of hydrogen-bond donors (Lipinski definition) is 1. The maximum absolute atomic E-state index is 10.5. The van der Waals surface area contributed by atoms with Crippen LogP contribution in [0.3, 0.4) is 0 Å². The number of aromatic nitrogens is 3. The first-order valence-electron chi connectivity index (χ1n) is 5.83. The summed E-state index contributed by atoms with van der Waals surface area (Å²) >= 11 is 3.44. The van der Waals surface area contributed by atoms with E-state index in [2.05, 4.69) is 26.0 Å². The van der Waals surface area contributed by atoms with E-state index in [0.29, 0.717) is 0 Å². The van der Waals surface area contributed by atoms with Crippen molar-refractivity contribution < 1.29 is 5.11 Å². The van der Waals surface area contributed by atoms with E-state index in [1.165, 1.54) is 0 Å². The second-order valence-electron chi connectivity index (χ2n) is 4.61. The van der Waals surface area contributed by atoms with Gasteiger partial charge < -0.3 is 5.11 Å². The fourth-order valence-corrected chi connectivity index (χ4v) is 2.39. The van der Waals surface area contributed by atoms with Crippen molar-refractivity contribution in [2.24, 2.45) is 0 Å². The highest BCUT2D eigenvalue weighted by molar-refractivity contribution is 9.10. The molecule has 0 aliphatic heterocycles. The number of nitrogens with zero attached hydrogens (tertiary/aromatic N) is 3. The van der Waals surface area contributed by atoms with Gasteiger partial charge in [-0.3, -0.25) is 9.67 Å². The topological polar surface area (TPSA) is 50.9 Å². The number of pyridine rings is 1. The largest absolute Gasteiger partial charge is 0.382 e. The van der Waals surface area contributed by atoms with Crippen molar-refractivity contribution in [3.8, 4) is 0 Å². The van der Waals surface area contributed by atoms with Crippen molar-refractivity contribution in [1.29, 1.82) is 0 Å². The normalized spacial score (nSPS) is 13.0. The number of hydrogen-bond acceptors (Lipinski definition) is 3. The second kappa shape index (κ2) is 5.20. The van der Waals surface area contributed by atoms with Crippen molar-refractivity contribution in [1.82, 2.24) is 14.8 Å². The maximum Gasteiger partial charge on any atom is 0.123 e. The van der Waals surface area contributed by atoms with Gasteiger partial charge in [0.25, 0.3) is 0 Å². The summed E-state index contributed by atoms with van der Waals surface area (Å²) in [7, 11) is 0. The molecule has 0 aliphatic carbocycles. The molecule has 2 heterocycles. The van der Waals surface area contributed by atoms with E-state index in [0.717, 1.165) is 21.3 Å². The Balaban J connectivity index is 2.45. The number of aryl methyl sites for hydroxylation is 1. The first-order chi connectivity index (χ1) is 8.50. The summed E-state index contributed by atoms with van der Waals surface area (Å²) in [5.74, 6) is 0. The summed E-state index contributed by atoms with van der Waals surface area (Å²) in [6.07, 6.45) is 4.44. The summed E-state index contributed by atoms with van der Waals surface area (Å²) < 4.78 is 2.63. The van der Waals surface area contributed by atoms with Crippen LogP contribution in [0.15, 0.2) is 29.1 Å². The van der Waals surface area contributed by atoms with Crippen LogP contribution in [0.5, 0.6) is 0 Å². The Bertz CT molecular complexity index is 551. The van der Waals surface area contributed by atoms with E-state index in [4.69, 9.17) is 0 Å². The number of rotatable bonds is 3. The molecule has 1 N–H and O–H groups in total. The SMILES string of the molecule is Cc1cncc(C(O)c2c(Br)cnn2C(C)C)c1. The third-order valence-electron chi connectivity index (χ3n) is 2.75. The molecule has 1 unspecified atom stereocenters. The molecule has 2 aromatic rings. The van der Waals surface area contributed by atoms with Gasteiger partial charge in [0, 0.05) is 24.0 Å². The first-order valence-corrected chi connectivity index (χ1v) is 6.62. The van der Waals surface area contributed by atoms with Gasteiger partial charge >= 0.3 is 0 Å². The standard InChI is InChI=1S/C13H16BrN3O/c1-8(2)17-12(11(14)7-16-17)13(18)10-4-9(3)5-15-6-10/h4-8,13,18H,1-3H3. The van der Waals surface area contributed by atoms with E-state index in [1.54, 1.807) is 18.6 Å². The number of aliphatic hydroxyl groups is 1. The van der Waals surface area contributed by atoms with Gasteiger partial charge in [-0.1, -0.05) is 6.07 Å². The van der Waals surface area contributed by atoms with Gasteiger partial charge in [-0.05, 0) is 42.3 Å². The molecule has 2 aromatic heterocycles. The van der Waals surface area contributed by atoms with Crippen LogP contribution < -0.4 is 0 Å². The minimum absolute atomic E-state index is 0.193. The zero-order chi connectivity index (χ0) is 13.3. The van der Waals surface area contributed by atoms with E-state index in [-0.39, 0.29) is 6.04 Å². The van der Waals surface area contributed by atoms with Crippen LogP contribution in [0.1, 0.15) is 42.8 Å². The maximum atomic E-state index is 10.5. The molecule has 5 heteroatoms. The fourth-order valence-electron chi connectivity index (χ4n) is 1.90. The van der Waals surface area contributed by atoms with Crippen LogP contribution in [0.4, 0.5) is 0 Å². The zero-order valence-corrected chi connectivity index (χ0v) is 12.2. The highest BCUT2D eigenvalue weighted by Crippen LogP contribution is 2.30. The van der Waals surface area contributed by atoms with Crippen LogP contribution in [0.2, 0.25) is 0 Å². The van der Waals surface area contributed by atoms with Gasteiger partial charge in [0.15, 0.2) is 0 Å². The lowest BCUT2D eigenvalue weighted by atomic mass is 10.1. The Hall–Kier alpha value is -1.20. The van der Waals surface area contributed by atoms with Crippen LogP contribution >= 0.6 is 15.9 Å². The highest BCUT2D eigenvalue weighted by Gasteiger charge is 2.21. The molecule has 2 rings (SSSR count). The molecule has 0 saturated heterocycles.